The van der Waals surface area contributed by atoms with Gasteiger partial charge in [-0.25, -0.2) is 0 Å². The Morgan fingerprint density at radius 1 is 1.14 bits per heavy atom. The summed E-state index contributed by atoms with van der Waals surface area (Å²) >= 11 is 5.81. The van der Waals surface area contributed by atoms with Crippen molar-refractivity contribution in [2.75, 3.05) is 11.9 Å². The van der Waals surface area contributed by atoms with Gasteiger partial charge in [0.1, 0.15) is 5.75 Å². The number of nitrogens with two attached hydrogens (primary N) is 1. The predicted molar refractivity (Wildman–Crippen MR) is 80.5 cm³/mol. The fraction of sp³-hybridized carbons (Fsp3) is 0.0667. The Morgan fingerprint density at radius 2 is 1.90 bits per heavy atom. The molecule has 0 aromatic heterocycles. The van der Waals surface area contributed by atoms with Gasteiger partial charge in [-0.2, -0.15) is 0 Å². The molecule has 0 radical (unpaired) electrons. The number of rotatable bonds is 5. The van der Waals surface area contributed by atoms with Crippen molar-refractivity contribution >= 4 is 29.1 Å². The van der Waals surface area contributed by atoms with Crippen LogP contribution in [0.2, 0.25) is 5.02 Å². The second-order valence-corrected chi connectivity index (χ2v) is 4.68. The van der Waals surface area contributed by atoms with Crippen molar-refractivity contribution < 1.29 is 14.3 Å². The normalized spacial score (nSPS) is 9.95. The van der Waals surface area contributed by atoms with Gasteiger partial charge in [-0.05, 0) is 36.4 Å². The van der Waals surface area contributed by atoms with E-state index in [9.17, 15) is 9.59 Å². The molecule has 2 aromatic rings. The molecule has 2 amide bonds. The van der Waals surface area contributed by atoms with E-state index in [2.05, 4.69) is 5.32 Å². The first-order valence-electron chi connectivity index (χ1n) is 6.12. The molecule has 0 aliphatic heterocycles. The zero-order valence-corrected chi connectivity index (χ0v) is 11.8. The summed E-state index contributed by atoms with van der Waals surface area (Å²) in [7, 11) is 0. The van der Waals surface area contributed by atoms with E-state index in [-0.39, 0.29) is 12.5 Å². The third-order valence-electron chi connectivity index (χ3n) is 2.60. The highest BCUT2D eigenvalue weighted by atomic mass is 35.5. The van der Waals surface area contributed by atoms with Crippen LogP contribution in [0.25, 0.3) is 0 Å². The maximum absolute atomic E-state index is 11.8. The summed E-state index contributed by atoms with van der Waals surface area (Å²) < 4.78 is 5.31. The van der Waals surface area contributed by atoms with Crippen molar-refractivity contribution in [1.29, 1.82) is 0 Å². The van der Waals surface area contributed by atoms with Crippen LogP contribution in [0.5, 0.6) is 5.75 Å². The molecule has 0 aliphatic carbocycles. The SMILES string of the molecule is NC(=O)c1cccc(NC(=O)COc2cccc(Cl)c2)c1. The Kier molecular flexibility index (Phi) is 4.79. The van der Waals surface area contributed by atoms with Gasteiger partial charge in [-0.1, -0.05) is 23.7 Å². The molecule has 0 heterocycles. The molecular formula is C15H13ClN2O3. The van der Waals surface area contributed by atoms with Gasteiger partial charge < -0.3 is 15.8 Å². The molecule has 0 fully saturated rings. The van der Waals surface area contributed by atoms with Crippen molar-refractivity contribution in [3.8, 4) is 5.75 Å². The molecule has 2 aromatic carbocycles. The molecule has 21 heavy (non-hydrogen) atoms. The number of anilines is 1. The van der Waals surface area contributed by atoms with Gasteiger partial charge in [-0.15, -0.1) is 0 Å². The highest BCUT2D eigenvalue weighted by Gasteiger charge is 2.06. The van der Waals surface area contributed by atoms with Crippen LogP contribution in [-0.4, -0.2) is 18.4 Å². The number of primary amides is 1. The summed E-state index contributed by atoms with van der Waals surface area (Å²) in [6, 6.07) is 13.1. The number of carbonyl (C=O) groups is 2. The van der Waals surface area contributed by atoms with Crippen LogP contribution in [0.1, 0.15) is 10.4 Å². The van der Waals surface area contributed by atoms with Crippen molar-refractivity contribution in [3.63, 3.8) is 0 Å². The lowest BCUT2D eigenvalue weighted by atomic mass is 10.2. The standard InChI is InChI=1S/C15H13ClN2O3/c16-11-4-2-6-13(8-11)21-9-14(19)18-12-5-1-3-10(7-12)15(17)20/h1-8H,9H2,(H2,17,20)(H,18,19). The molecule has 2 rings (SSSR count). The Hall–Kier alpha value is -2.53. The molecule has 0 bridgehead atoms. The molecule has 0 spiro atoms. The number of ether oxygens (including phenoxy) is 1. The lowest BCUT2D eigenvalue weighted by Crippen LogP contribution is -2.20. The minimum atomic E-state index is -0.554. The van der Waals surface area contributed by atoms with Gasteiger partial charge >= 0.3 is 0 Å². The van der Waals surface area contributed by atoms with Crippen molar-refractivity contribution in [2.24, 2.45) is 5.73 Å². The maximum atomic E-state index is 11.8. The van der Waals surface area contributed by atoms with Crippen LogP contribution >= 0.6 is 11.6 Å². The first kappa shape index (κ1) is 14.9. The summed E-state index contributed by atoms with van der Waals surface area (Å²) in [5.41, 5.74) is 5.97. The topological polar surface area (TPSA) is 81.4 Å². The van der Waals surface area contributed by atoms with E-state index in [4.69, 9.17) is 22.1 Å². The van der Waals surface area contributed by atoms with E-state index in [0.717, 1.165) is 0 Å². The molecule has 6 heteroatoms. The van der Waals surface area contributed by atoms with Gasteiger partial charge in [0.15, 0.2) is 6.61 Å². The Morgan fingerprint density at radius 3 is 2.62 bits per heavy atom. The molecule has 0 unspecified atom stereocenters. The molecule has 3 N–H and O–H groups in total. The number of nitrogens with one attached hydrogen (secondary N) is 1. The smallest absolute Gasteiger partial charge is 0.262 e. The van der Waals surface area contributed by atoms with Crippen molar-refractivity contribution in [1.82, 2.24) is 0 Å². The fourth-order valence-corrected chi connectivity index (χ4v) is 1.83. The molecule has 0 atom stereocenters. The molecule has 0 saturated heterocycles. The number of halogens is 1. The van der Waals surface area contributed by atoms with E-state index in [0.29, 0.717) is 22.0 Å². The minimum absolute atomic E-state index is 0.166. The molecular weight excluding hydrogens is 292 g/mol. The van der Waals surface area contributed by atoms with Gasteiger partial charge in [0, 0.05) is 16.3 Å². The zero-order valence-electron chi connectivity index (χ0n) is 11.0. The number of benzene rings is 2. The molecule has 0 saturated carbocycles. The highest BCUT2D eigenvalue weighted by Crippen LogP contribution is 2.17. The summed E-state index contributed by atoms with van der Waals surface area (Å²) in [5, 5.41) is 3.15. The average Bonchev–Trinajstić information content (AvgIpc) is 2.45. The minimum Gasteiger partial charge on any atom is -0.484 e. The van der Waals surface area contributed by atoms with Gasteiger partial charge in [-0.3, -0.25) is 9.59 Å². The summed E-state index contributed by atoms with van der Waals surface area (Å²) in [6.45, 7) is -0.166. The van der Waals surface area contributed by atoms with E-state index >= 15 is 0 Å². The van der Waals surface area contributed by atoms with E-state index < -0.39 is 5.91 Å². The first-order chi connectivity index (χ1) is 10.0. The number of hydrogen-bond donors (Lipinski definition) is 2. The Labute approximate surface area is 126 Å². The summed E-state index contributed by atoms with van der Waals surface area (Å²) in [5.74, 6) is -0.401. The largest absolute Gasteiger partial charge is 0.484 e. The molecule has 5 nitrogen and oxygen atoms in total. The van der Waals surface area contributed by atoms with Gasteiger partial charge in [0.2, 0.25) is 5.91 Å². The maximum Gasteiger partial charge on any atom is 0.262 e. The fourth-order valence-electron chi connectivity index (χ4n) is 1.65. The number of carbonyl (C=O) groups excluding carboxylic acids is 2. The summed E-state index contributed by atoms with van der Waals surface area (Å²) in [6.07, 6.45) is 0. The quantitative estimate of drug-likeness (QED) is 0.890. The second kappa shape index (κ2) is 6.76. The van der Waals surface area contributed by atoms with Crippen LogP contribution in [0.15, 0.2) is 48.5 Å². The molecule has 0 aliphatic rings. The van der Waals surface area contributed by atoms with Gasteiger partial charge in [0.25, 0.3) is 5.91 Å². The van der Waals surface area contributed by atoms with Crippen LogP contribution in [0, 0.1) is 0 Å². The van der Waals surface area contributed by atoms with Crippen LogP contribution < -0.4 is 15.8 Å². The molecule has 108 valence electrons. The second-order valence-electron chi connectivity index (χ2n) is 4.24. The third-order valence-corrected chi connectivity index (χ3v) is 2.83. The Balaban J connectivity index is 1.93. The van der Waals surface area contributed by atoms with Crippen LogP contribution in [0.3, 0.4) is 0 Å². The van der Waals surface area contributed by atoms with Crippen molar-refractivity contribution in [2.45, 2.75) is 0 Å². The number of amides is 2. The monoisotopic (exact) mass is 304 g/mol. The highest BCUT2D eigenvalue weighted by molar-refractivity contribution is 6.30. The first-order valence-corrected chi connectivity index (χ1v) is 6.50. The van der Waals surface area contributed by atoms with E-state index in [1.54, 1.807) is 42.5 Å². The van der Waals surface area contributed by atoms with Crippen molar-refractivity contribution in [3.05, 3.63) is 59.1 Å². The lowest BCUT2D eigenvalue weighted by Gasteiger charge is -2.08. The summed E-state index contributed by atoms with van der Waals surface area (Å²) in [4.78, 5) is 22.8. The van der Waals surface area contributed by atoms with E-state index in [1.165, 1.54) is 6.07 Å². The van der Waals surface area contributed by atoms with Crippen LogP contribution in [-0.2, 0) is 4.79 Å². The lowest BCUT2D eigenvalue weighted by molar-refractivity contribution is -0.118. The third kappa shape index (κ3) is 4.50. The van der Waals surface area contributed by atoms with E-state index in [1.807, 2.05) is 0 Å². The average molecular weight is 305 g/mol. The Bertz CT molecular complexity index is 673. The predicted octanol–water partition coefficient (Wildman–Crippen LogP) is 2.46. The van der Waals surface area contributed by atoms with Crippen LogP contribution in [0.4, 0.5) is 5.69 Å². The zero-order chi connectivity index (χ0) is 15.2. The number of hydrogen-bond acceptors (Lipinski definition) is 3. The van der Waals surface area contributed by atoms with Gasteiger partial charge in [0.05, 0.1) is 0 Å².